The van der Waals surface area contributed by atoms with E-state index in [9.17, 15) is 9.59 Å². The summed E-state index contributed by atoms with van der Waals surface area (Å²) in [5.41, 5.74) is 2.54. The Morgan fingerprint density at radius 2 is 2.11 bits per heavy atom. The molecule has 0 atom stereocenters. The van der Waals surface area contributed by atoms with Crippen LogP contribution in [0.3, 0.4) is 0 Å². The number of hydrogen-bond acceptors (Lipinski definition) is 3. The SMILES string of the molecule is O=C1NCc2ccc(NCC(=O)N3CCCC3)cc21. The van der Waals surface area contributed by atoms with Crippen LogP contribution in [-0.4, -0.2) is 36.3 Å². The normalized spacial score (nSPS) is 17.3. The summed E-state index contributed by atoms with van der Waals surface area (Å²) in [5, 5.41) is 5.88. The van der Waals surface area contributed by atoms with Crippen LogP contribution in [0.1, 0.15) is 28.8 Å². The van der Waals surface area contributed by atoms with E-state index in [1.807, 2.05) is 23.1 Å². The Kier molecular flexibility index (Phi) is 3.11. The second-order valence-electron chi connectivity index (χ2n) is 5.00. The second kappa shape index (κ2) is 4.91. The van der Waals surface area contributed by atoms with Gasteiger partial charge in [0, 0.05) is 30.9 Å². The molecule has 2 heterocycles. The predicted octanol–water partition coefficient (Wildman–Crippen LogP) is 0.964. The Hall–Kier alpha value is -2.04. The summed E-state index contributed by atoms with van der Waals surface area (Å²) in [4.78, 5) is 25.3. The number of hydrogen-bond donors (Lipinski definition) is 2. The van der Waals surface area contributed by atoms with Crippen molar-refractivity contribution in [1.29, 1.82) is 0 Å². The highest BCUT2D eigenvalue weighted by Crippen LogP contribution is 2.20. The van der Waals surface area contributed by atoms with Crippen LogP contribution in [0.25, 0.3) is 0 Å². The van der Waals surface area contributed by atoms with Crippen molar-refractivity contribution in [3.05, 3.63) is 29.3 Å². The van der Waals surface area contributed by atoms with Gasteiger partial charge in [-0.25, -0.2) is 0 Å². The number of amides is 2. The fourth-order valence-electron chi connectivity index (χ4n) is 2.58. The third kappa shape index (κ3) is 2.41. The largest absolute Gasteiger partial charge is 0.376 e. The van der Waals surface area contributed by atoms with Gasteiger partial charge in [-0.05, 0) is 30.5 Å². The lowest BCUT2D eigenvalue weighted by Crippen LogP contribution is -2.32. The molecule has 1 saturated heterocycles. The Morgan fingerprint density at radius 1 is 1.32 bits per heavy atom. The Balaban J connectivity index is 1.62. The van der Waals surface area contributed by atoms with E-state index >= 15 is 0 Å². The van der Waals surface area contributed by atoms with Gasteiger partial charge in [0.15, 0.2) is 0 Å². The lowest BCUT2D eigenvalue weighted by Gasteiger charge is -2.16. The molecule has 0 aliphatic carbocycles. The fraction of sp³-hybridized carbons (Fsp3) is 0.429. The van der Waals surface area contributed by atoms with Crippen molar-refractivity contribution in [1.82, 2.24) is 10.2 Å². The van der Waals surface area contributed by atoms with Gasteiger partial charge in [0.05, 0.1) is 6.54 Å². The van der Waals surface area contributed by atoms with Crippen LogP contribution in [0.15, 0.2) is 18.2 Å². The predicted molar refractivity (Wildman–Crippen MR) is 71.9 cm³/mol. The number of nitrogens with zero attached hydrogens (tertiary/aromatic N) is 1. The van der Waals surface area contributed by atoms with Crippen LogP contribution < -0.4 is 10.6 Å². The van der Waals surface area contributed by atoms with Crippen molar-refractivity contribution in [2.24, 2.45) is 0 Å². The summed E-state index contributed by atoms with van der Waals surface area (Å²) in [6, 6.07) is 5.65. The maximum atomic E-state index is 11.9. The number of carbonyl (C=O) groups is 2. The van der Waals surface area contributed by atoms with Crippen molar-refractivity contribution in [3.8, 4) is 0 Å². The van der Waals surface area contributed by atoms with Crippen LogP contribution in [0, 0.1) is 0 Å². The standard InChI is InChI=1S/C14H17N3O2/c18-13(17-5-1-2-6-17)9-15-11-4-3-10-8-16-14(19)12(10)7-11/h3-4,7,15H,1-2,5-6,8-9H2,(H,16,19). The van der Waals surface area contributed by atoms with Gasteiger partial charge < -0.3 is 15.5 Å². The molecule has 2 aliphatic rings. The molecule has 2 aliphatic heterocycles. The molecule has 0 unspecified atom stereocenters. The molecule has 5 nitrogen and oxygen atoms in total. The smallest absolute Gasteiger partial charge is 0.251 e. The molecule has 3 rings (SSSR count). The molecular weight excluding hydrogens is 242 g/mol. The van der Waals surface area contributed by atoms with Crippen LogP contribution >= 0.6 is 0 Å². The summed E-state index contributed by atoms with van der Waals surface area (Å²) in [6.45, 7) is 2.63. The first kappa shape index (κ1) is 12.0. The number of rotatable bonds is 3. The summed E-state index contributed by atoms with van der Waals surface area (Å²) >= 11 is 0. The summed E-state index contributed by atoms with van der Waals surface area (Å²) in [6.07, 6.45) is 2.20. The molecule has 2 amide bonds. The Labute approximate surface area is 112 Å². The van der Waals surface area contributed by atoms with Gasteiger partial charge in [0.2, 0.25) is 5.91 Å². The number of nitrogens with one attached hydrogen (secondary N) is 2. The van der Waals surface area contributed by atoms with Crippen LogP contribution in [0.4, 0.5) is 5.69 Å². The molecular formula is C14H17N3O2. The third-order valence-electron chi connectivity index (χ3n) is 3.70. The minimum absolute atomic E-state index is 0.0375. The van der Waals surface area contributed by atoms with Gasteiger partial charge in [-0.2, -0.15) is 0 Å². The Bertz CT molecular complexity index is 521. The van der Waals surface area contributed by atoms with Crippen molar-refractivity contribution < 1.29 is 9.59 Å². The summed E-state index contributed by atoms with van der Waals surface area (Å²) in [7, 11) is 0. The van der Waals surface area contributed by atoms with Crippen molar-refractivity contribution in [2.45, 2.75) is 19.4 Å². The third-order valence-corrected chi connectivity index (χ3v) is 3.70. The maximum Gasteiger partial charge on any atom is 0.251 e. The van der Waals surface area contributed by atoms with Gasteiger partial charge >= 0.3 is 0 Å². The van der Waals surface area contributed by atoms with E-state index in [0.717, 1.165) is 37.2 Å². The number of benzene rings is 1. The minimum atomic E-state index is -0.0375. The van der Waals surface area contributed by atoms with Gasteiger partial charge in [-0.1, -0.05) is 6.07 Å². The van der Waals surface area contributed by atoms with E-state index in [1.54, 1.807) is 0 Å². The van der Waals surface area contributed by atoms with Gasteiger partial charge in [0.1, 0.15) is 0 Å². The van der Waals surface area contributed by atoms with E-state index in [2.05, 4.69) is 10.6 Å². The van der Waals surface area contributed by atoms with Crippen molar-refractivity contribution in [2.75, 3.05) is 25.0 Å². The van der Waals surface area contributed by atoms with E-state index in [-0.39, 0.29) is 11.8 Å². The Morgan fingerprint density at radius 3 is 2.89 bits per heavy atom. The zero-order valence-electron chi connectivity index (χ0n) is 10.7. The van der Waals surface area contributed by atoms with Crippen LogP contribution in [0.2, 0.25) is 0 Å². The lowest BCUT2D eigenvalue weighted by molar-refractivity contribution is -0.128. The average molecular weight is 259 g/mol. The van der Waals surface area contributed by atoms with Gasteiger partial charge in [-0.15, -0.1) is 0 Å². The van der Waals surface area contributed by atoms with E-state index in [4.69, 9.17) is 0 Å². The zero-order valence-corrected chi connectivity index (χ0v) is 10.7. The molecule has 100 valence electrons. The first-order valence-electron chi connectivity index (χ1n) is 6.67. The molecule has 0 spiro atoms. The quantitative estimate of drug-likeness (QED) is 0.850. The van der Waals surface area contributed by atoms with Crippen LogP contribution in [0.5, 0.6) is 0 Å². The van der Waals surface area contributed by atoms with E-state index < -0.39 is 0 Å². The molecule has 0 saturated carbocycles. The van der Waals surface area contributed by atoms with Crippen molar-refractivity contribution >= 4 is 17.5 Å². The molecule has 19 heavy (non-hydrogen) atoms. The van der Waals surface area contributed by atoms with Crippen molar-refractivity contribution in [3.63, 3.8) is 0 Å². The molecule has 1 aromatic rings. The highest BCUT2D eigenvalue weighted by Gasteiger charge is 2.20. The molecule has 1 aromatic carbocycles. The molecule has 0 aromatic heterocycles. The number of anilines is 1. The topological polar surface area (TPSA) is 61.4 Å². The zero-order chi connectivity index (χ0) is 13.2. The molecule has 0 bridgehead atoms. The van der Waals surface area contributed by atoms with E-state index in [0.29, 0.717) is 18.7 Å². The highest BCUT2D eigenvalue weighted by atomic mass is 16.2. The molecule has 1 fully saturated rings. The summed E-state index contributed by atoms with van der Waals surface area (Å²) < 4.78 is 0. The van der Waals surface area contributed by atoms with Gasteiger partial charge in [-0.3, -0.25) is 9.59 Å². The second-order valence-corrected chi connectivity index (χ2v) is 5.00. The summed E-state index contributed by atoms with van der Waals surface area (Å²) in [5.74, 6) is 0.0898. The number of fused-ring (bicyclic) bond motifs is 1. The molecule has 0 radical (unpaired) electrons. The highest BCUT2D eigenvalue weighted by molar-refractivity contribution is 5.99. The van der Waals surface area contributed by atoms with E-state index in [1.165, 1.54) is 0 Å². The fourth-order valence-corrected chi connectivity index (χ4v) is 2.58. The molecule has 2 N–H and O–H groups in total. The lowest BCUT2D eigenvalue weighted by atomic mass is 10.1. The number of carbonyl (C=O) groups excluding carboxylic acids is 2. The number of likely N-dealkylation sites (tertiary alicyclic amines) is 1. The monoisotopic (exact) mass is 259 g/mol. The minimum Gasteiger partial charge on any atom is -0.376 e. The maximum absolute atomic E-state index is 11.9. The van der Waals surface area contributed by atoms with Crippen LogP contribution in [-0.2, 0) is 11.3 Å². The average Bonchev–Trinajstić information content (AvgIpc) is 3.07. The first-order chi connectivity index (χ1) is 9.24. The molecule has 5 heteroatoms. The van der Waals surface area contributed by atoms with Gasteiger partial charge in [0.25, 0.3) is 5.91 Å². The first-order valence-corrected chi connectivity index (χ1v) is 6.67.